The first kappa shape index (κ1) is 13.1. The number of methoxy groups -OCH3 is 1. The van der Waals surface area contributed by atoms with Crippen LogP contribution in [0.2, 0.25) is 0 Å². The molecule has 1 aliphatic rings. The maximum Gasteiger partial charge on any atom is 0.165 e. The van der Waals surface area contributed by atoms with E-state index in [0.717, 1.165) is 12.0 Å². The summed E-state index contributed by atoms with van der Waals surface area (Å²) in [5.74, 6) is 0.801. The molecule has 0 saturated heterocycles. The van der Waals surface area contributed by atoms with Gasteiger partial charge in [0.15, 0.2) is 11.6 Å². The largest absolute Gasteiger partial charge is 0.494 e. The van der Waals surface area contributed by atoms with Crippen LogP contribution in [-0.4, -0.2) is 7.11 Å². The summed E-state index contributed by atoms with van der Waals surface area (Å²) in [4.78, 5) is 0. The fourth-order valence-corrected chi connectivity index (χ4v) is 2.83. The Bertz CT molecular complexity index is 599. The van der Waals surface area contributed by atoms with E-state index >= 15 is 0 Å². The predicted octanol–water partition coefficient (Wildman–Crippen LogP) is 3.64. The van der Waals surface area contributed by atoms with Crippen molar-refractivity contribution < 1.29 is 9.13 Å². The molecule has 2 aromatic rings. The maximum absolute atomic E-state index is 13.7. The highest BCUT2D eigenvalue weighted by molar-refractivity contribution is 5.34. The molecule has 1 saturated carbocycles. The molecule has 3 unspecified atom stereocenters. The lowest BCUT2D eigenvalue weighted by Crippen LogP contribution is -2.13. The summed E-state index contributed by atoms with van der Waals surface area (Å²) in [5.41, 5.74) is 8.44. The molecule has 2 N–H and O–H groups in total. The van der Waals surface area contributed by atoms with Crippen molar-refractivity contribution in [3.63, 3.8) is 0 Å². The highest BCUT2D eigenvalue weighted by Gasteiger charge is 2.42. The van der Waals surface area contributed by atoms with Crippen molar-refractivity contribution in [2.45, 2.75) is 18.4 Å². The lowest BCUT2D eigenvalue weighted by molar-refractivity contribution is 0.385. The number of halogens is 1. The minimum Gasteiger partial charge on any atom is -0.494 e. The summed E-state index contributed by atoms with van der Waals surface area (Å²) < 4.78 is 18.7. The van der Waals surface area contributed by atoms with Gasteiger partial charge < -0.3 is 10.5 Å². The van der Waals surface area contributed by atoms with E-state index in [1.54, 1.807) is 6.07 Å². The lowest BCUT2D eigenvalue weighted by atomic mass is 9.99. The van der Waals surface area contributed by atoms with E-state index in [2.05, 4.69) is 12.1 Å². The monoisotopic (exact) mass is 271 g/mol. The Morgan fingerprint density at radius 2 is 1.95 bits per heavy atom. The first-order valence-electron chi connectivity index (χ1n) is 6.84. The van der Waals surface area contributed by atoms with Gasteiger partial charge in [-0.05, 0) is 41.5 Å². The summed E-state index contributed by atoms with van der Waals surface area (Å²) >= 11 is 0. The number of benzene rings is 2. The van der Waals surface area contributed by atoms with Crippen LogP contribution < -0.4 is 10.5 Å². The SMILES string of the molecule is COc1ccc(C(N)C2CC2c2ccccc2)cc1F. The second-order valence-corrected chi connectivity index (χ2v) is 5.34. The molecule has 0 bridgehead atoms. The Morgan fingerprint density at radius 1 is 1.20 bits per heavy atom. The minimum absolute atomic E-state index is 0.124. The smallest absolute Gasteiger partial charge is 0.165 e. The van der Waals surface area contributed by atoms with Crippen LogP contribution >= 0.6 is 0 Å². The van der Waals surface area contributed by atoms with E-state index in [-0.39, 0.29) is 17.6 Å². The maximum atomic E-state index is 13.7. The van der Waals surface area contributed by atoms with Gasteiger partial charge in [-0.1, -0.05) is 36.4 Å². The van der Waals surface area contributed by atoms with Crippen molar-refractivity contribution in [3.8, 4) is 5.75 Å². The Labute approximate surface area is 118 Å². The van der Waals surface area contributed by atoms with Gasteiger partial charge in [-0.2, -0.15) is 0 Å². The summed E-state index contributed by atoms with van der Waals surface area (Å²) in [6.45, 7) is 0. The van der Waals surface area contributed by atoms with Crippen LogP contribution in [0.1, 0.15) is 29.5 Å². The fourth-order valence-electron chi connectivity index (χ4n) is 2.83. The predicted molar refractivity (Wildman–Crippen MR) is 77.2 cm³/mol. The molecule has 20 heavy (non-hydrogen) atoms. The van der Waals surface area contributed by atoms with E-state index < -0.39 is 0 Å². The third-order valence-electron chi connectivity index (χ3n) is 4.09. The zero-order valence-electron chi connectivity index (χ0n) is 11.4. The molecule has 0 aliphatic heterocycles. The van der Waals surface area contributed by atoms with Crippen LogP contribution in [0.15, 0.2) is 48.5 Å². The third-order valence-corrected chi connectivity index (χ3v) is 4.09. The molecule has 0 radical (unpaired) electrons. The zero-order valence-corrected chi connectivity index (χ0v) is 11.4. The van der Waals surface area contributed by atoms with Crippen molar-refractivity contribution in [1.29, 1.82) is 0 Å². The van der Waals surface area contributed by atoms with Gasteiger partial charge in [0.1, 0.15) is 0 Å². The summed E-state index contributed by atoms with van der Waals surface area (Å²) in [6, 6.07) is 15.2. The van der Waals surface area contributed by atoms with Crippen molar-refractivity contribution in [1.82, 2.24) is 0 Å². The number of hydrogen-bond donors (Lipinski definition) is 1. The summed E-state index contributed by atoms with van der Waals surface area (Å²) in [5, 5.41) is 0. The zero-order chi connectivity index (χ0) is 14.1. The Hall–Kier alpha value is -1.87. The van der Waals surface area contributed by atoms with Gasteiger partial charge in [-0.15, -0.1) is 0 Å². The van der Waals surface area contributed by atoms with Crippen LogP contribution in [0.5, 0.6) is 5.75 Å². The van der Waals surface area contributed by atoms with Gasteiger partial charge in [0.2, 0.25) is 0 Å². The van der Waals surface area contributed by atoms with Gasteiger partial charge in [0.05, 0.1) is 7.11 Å². The Balaban J connectivity index is 1.75. The molecule has 2 nitrogen and oxygen atoms in total. The standard InChI is InChI=1S/C17H18FNO/c1-20-16-8-7-12(9-15(16)18)17(19)14-10-13(14)11-5-3-2-4-6-11/h2-9,13-14,17H,10,19H2,1H3. The molecule has 3 heteroatoms. The van der Waals surface area contributed by atoms with E-state index in [9.17, 15) is 4.39 Å². The Morgan fingerprint density at radius 3 is 2.60 bits per heavy atom. The third kappa shape index (κ3) is 2.41. The average Bonchev–Trinajstić information content (AvgIpc) is 3.28. The van der Waals surface area contributed by atoms with Gasteiger partial charge in [0, 0.05) is 6.04 Å². The molecule has 104 valence electrons. The molecular weight excluding hydrogens is 253 g/mol. The quantitative estimate of drug-likeness (QED) is 0.921. The van der Waals surface area contributed by atoms with Gasteiger partial charge >= 0.3 is 0 Å². The fraction of sp³-hybridized carbons (Fsp3) is 0.294. The van der Waals surface area contributed by atoms with Crippen molar-refractivity contribution in [2.24, 2.45) is 11.7 Å². The van der Waals surface area contributed by atoms with E-state index in [1.165, 1.54) is 18.7 Å². The van der Waals surface area contributed by atoms with Crippen LogP contribution in [0.4, 0.5) is 4.39 Å². The summed E-state index contributed by atoms with van der Waals surface area (Å²) in [7, 11) is 1.46. The number of nitrogens with two attached hydrogens (primary N) is 1. The van der Waals surface area contributed by atoms with Crippen LogP contribution in [0, 0.1) is 11.7 Å². The molecule has 0 aromatic heterocycles. The van der Waals surface area contributed by atoms with Crippen molar-refractivity contribution in [3.05, 3.63) is 65.5 Å². The molecule has 3 atom stereocenters. The van der Waals surface area contributed by atoms with Crippen LogP contribution in [0.3, 0.4) is 0 Å². The van der Waals surface area contributed by atoms with Crippen LogP contribution in [-0.2, 0) is 0 Å². The van der Waals surface area contributed by atoms with Gasteiger partial charge in [0.25, 0.3) is 0 Å². The topological polar surface area (TPSA) is 35.2 Å². The molecule has 3 rings (SSSR count). The molecule has 0 spiro atoms. The average molecular weight is 271 g/mol. The summed E-state index contributed by atoms with van der Waals surface area (Å²) in [6.07, 6.45) is 1.07. The normalized spacial score (nSPS) is 22.4. The first-order valence-corrected chi connectivity index (χ1v) is 6.84. The molecular formula is C17H18FNO. The van der Waals surface area contributed by atoms with E-state index in [0.29, 0.717) is 11.8 Å². The van der Waals surface area contributed by atoms with E-state index in [4.69, 9.17) is 10.5 Å². The van der Waals surface area contributed by atoms with Crippen LogP contribution in [0.25, 0.3) is 0 Å². The molecule has 0 heterocycles. The number of ether oxygens (including phenoxy) is 1. The minimum atomic E-state index is -0.350. The highest BCUT2D eigenvalue weighted by Crippen LogP contribution is 2.53. The van der Waals surface area contributed by atoms with Gasteiger partial charge in [-0.3, -0.25) is 0 Å². The molecule has 1 aliphatic carbocycles. The second-order valence-electron chi connectivity index (χ2n) is 5.34. The first-order chi connectivity index (χ1) is 9.70. The molecule has 1 fully saturated rings. The number of hydrogen-bond acceptors (Lipinski definition) is 2. The van der Waals surface area contributed by atoms with Crippen molar-refractivity contribution in [2.75, 3.05) is 7.11 Å². The molecule has 2 aromatic carbocycles. The number of rotatable bonds is 4. The van der Waals surface area contributed by atoms with Gasteiger partial charge in [-0.25, -0.2) is 4.39 Å². The second kappa shape index (κ2) is 5.25. The van der Waals surface area contributed by atoms with Crippen molar-refractivity contribution >= 4 is 0 Å². The lowest BCUT2D eigenvalue weighted by Gasteiger charge is -2.13. The van der Waals surface area contributed by atoms with E-state index in [1.807, 2.05) is 24.3 Å². The molecule has 0 amide bonds. The Kier molecular flexibility index (Phi) is 3.45. The highest BCUT2D eigenvalue weighted by atomic mass is 19.1.